The van der Waals surface area contributed by atoms with Gasteiger partial charge in [0.1, 0.15) is 5.82 Å². The first-order valence-electron chi connectivity index (χ1n) is 5.06. The number of hydrogen-bond acceptors (Lipinski definition) is 2. The summed E-state index contributed by atoms with van der Waals surface area (Å²) in [5.41, 5.74) is 10.3. The number of aromatic nitrogens is 1. The summed E-state index contributed by atoms with van der Waals surface area (Å²) in [7, 11) is 0. The topological polar surface area (TPSA) is 38.9 Å². The Morgan fingerprint density at radius 1 is 1.12 bits per heavy atom. The van der Waals surface area contributed by atoms with Gasteiger partial charge in [-0.1, -0.05) is 29.8 Å². The van der Waals surface area contributed by atoms with Gasteiger partial charge in [0.15, 0.2) is 0 Å². The fourth-order valence-corrected chi connectivity index (χ4v) is 1.75. The van der Waals surface area contributed by atoms with Crippen LogP contribution >= 0.6 is 11.6 Å². The third-order valence-electron chi connectivity index (χ3n) is 2.70. The van der Waals surface area contributed by atoms with Crippen LogP contribution in [0.25, 0.3) is 11.1 Å². The number of nitrogens with zero attached hydrogens (tertiary/aromatic N) is 1. The van der Waals surface area contributed by atoms with Crippen LogP contribution in [0.1, 0.15) is 11.1 Å². The Morgan fingerprint density at radius 3 is 2.56 bits per heavy atom. The maximum absolute atomic E-state index is 5.92. The van der Waals surface area contributed by atoms with Crippen molar-refractivity contribution in [2.24, 2.45) is 0 Å². The van der Waals surface area contributed by atoms with Crippen LogP contribution in [0.15, 0.2) is 30.5 Å². The fraction of sp³-hybridized carbons (Fsp3) is 0.154. The Bertz CT molecular complexity index is 535. The molecule has 0 spiro atoms. The van der Waals surface area contributed by atoms with E-state index in [0.29, 0.717) is 10.8 Å². The molecule has 0 unspecified atom stereocenters. The van der Waals surface area contributed by atoms with E-state index in [1.807, 2.05) is 12.1 Å². The summed E-state index contributed by atoms with van der Waals surface area (Å²) >= 11 is 5.92. The maximum atomic E-state index is 5.92. The molecule has 0 amide bonds. The highest BCUT2D eigenvalue weighted by atomic mass is 35.5. The first-order chi connectivity index (χ1) is 7.58. The summed E-state index contributed by atoms with van der Waals surface area (Å²) in [6, 6.07) is 8.05. The van der Waals surface area contributed by atoms with Gasteiger partial charge in [0.2, 0.25) is 0 Å². The summed E-state index contributed by atoms with van der Waals surface area (Å²) in [6.07, 6.45) is 1.56. The van der Waals surface area contributed by atoms with E-state index in [9.17, 15) is 0 Å². The first-order valence-corrected chi connectivity index (χ1v) is 5.44. The zero-order valence-electron chi connectivity index (χ0n) is 9.29. The number of hydrogen-bond donors (Lipinski definition) is 1. The SMILES string of the molecule is Cc1ccc(-c2cc(Cl)cnc2N)cc1C. The van der Waals surface area contributed by atoms with Gasteiger partial charge in [-0.2, -0.15) is 0 Å². The first kappa shape index (κ1) is 11.0. The Kier molecular flexibility index (Phi) is 2.84. The smallest absolute Gasteiger partial charge is 0.131 e. The molecule has 82 valence electrons. The molecule has 0 saturated carbocycles. The van der Waals surface area contributed by atoms with Gasteiger partial charge in [-0.15, -0.1) is 0 Å². The van der Waals surface area contributed by atoms with Crippen molar-refractivity contribution in [3.8, 4) is 11.1 Å². The van der Waals surface area contributed by atoms with Crippen LogP contribution < -0.4 is 5.73 Å². The lowest BCUT2D eigenvalue weighted by Gasteiger charge is -2.08. The lowest BCUT2D eigenvalue weighted by atomic mass is 10.0. The summed E-state index contributed by atoms with van der Waals surface area (Å²) in [5.74, 6) is 0.507. The van der Waals surface area contributed by atoms with E-state index in [1.54, 1.807) is 6.20 Å². The summed E-state index contributed by atoms with van der Waals surface area (Å²) in [4.78, 5) is 4.05. The van der Waals surface area contributed by atoms with Crippen LogP contribution in [-0.2, 0) is 0 Å². The number of nitrogens with two attached hydrogens (primary N) is 1. The predicted molar refractivity (Wildman–Crippen MR) is 68.6 cm³/mol. The van der Waals surface area contributed by atoms with Crippen LogP contribution in [0.3, 0.4) is 0 Å². The lowest BCUT2D eigenvalue weighted by Crippen LogP contribution is -1.94. The molecule has 0 saturated heterocycles. The quantitative estimate of drug-likeness (QED) is 0.816. The third kappa shape index (κ3) is 2.02. The molecule has 0 aliphatic carbocycles. The van der Waals surface area contributed by atoms with Gasteiger partial charge in [-0.3, -0.25) is 0 Å². The number of benzene rings is 1. The molecule has 16 heavy (non-hydrogen) atoms. The summed E-state index contributed by atoms with van der Waals surface area (Å²) in [5, 5.41) is 0.599. The van der Waals surface area contributed by atoms with Crippen LogP contribution in [0, 0.1) is 13.8 Å². The van der Waals surface area contributed by atoms with Gasteiger partial charge >= 0.3 is 0 Å². The Balaban J connectivity index is 2.58. The van der Waals surface area contributed by atoms with E-state index < -0.39 is 0 Å². The minimum atomic E-state index is 0.507. The molecule has 0 radical (unpaired) electrons. The molecular weight excluding hydrogens is 220 g/mol. The second kappa shape index (κ2) is 4.14. The number of nitrogen functional groups attached to an aromatic ring is 1. The largest absolute Gasteiger partial charge is 0.383 e. The maximum Gasteiger partial charge on any atom is 0.131 e. The van der Waals surface area contributed by atoms with Gasteiger partial charge in [0, 0.05) is 11.8 Å². The van der Waals surface area contributed by atoms with E-state index in [2.05, 4.69) is 31.0 Å². The molecule has 0 atom stereocenters. The lowest BCUT2D eigenvalue weighted by molar-refractivity contribution is 1.31. The van der Waals surface area contributed by atoms with Gasteiger partial charge in [0.05, 0.1) is 5.02 Å². The number of halogens is 1. The highest BCUT2D eigenvalue weighted by Crippen LogP contribution is 2.28. The van der Waals surface area contributed by atoms with Crippen molar-refractivity contribution in [1.29, 1.82) is 0 Å². The number of pyridine rings is 1. The second-order valence-electron chi connectivity index (χ2n) is 3.89. The van der Waals surface area contributed by atoms with Crippen LogP contribution in [-0.4, -0.2) is 4.98 Å². The standard InChI is InChI=1S/C13H13ClN2/c1-8-3-4-10(5-9(8)2)12-6-11(14)7-16-13(12)15/h3-7H,1-2H3,(H2,15,16). The van der Waals surface area contributed by atoms with Crippen LogP contribution in [0.4, 0.5) is 5.82 Å². The van der Waals surface area contributed by atoms with Crippen molar-refractivity contribution < 1.29 is 0 Å². The number of anilines is 1. The molecule has 0 aliphatic heterocycles. The average molecular weight is 233 g/mol. The van der Waals surface area contributed by atoms with Gasteiger partial charge < -0.3 is 5.73 Å². The van der Waals surface area contributed by atoms with Crippen LogP contribution in [0.5, 0.6) is 0 Å². The van der Waals surface area contributed by atoms with Gasteiger partial charge in [-0.25, -0.2) is 4.98 Å². The second-order valence-corrected chi connectivity index (χ2v) is 4.32. The molecule has 1 aromatic carbocycles. The molecule has 2 N–H and O–H groups in total. The van der Waals surface area contributed by atoms with Gasteiger partial charge in [0.25, 0.3) is 0 Å². The predicted octanol–water partition coefficient (Wildman–Crippen LogP) is 3.60. The Morgan fingerprint density at radius 2 is 1.88 bits per heavy atom. The molecule has 2 nitrogen and oxygen atoms in total. The Hall–Kier alpha value is -1.54. The molecular formula is C13H13ClN2. The highest BCUT2D eigenvalue weighted by Gasteiger charge is 2.05. The summed E-state index contributed by atoms with van der Waals surface area (Å²) < 4.78 is 0. The van der Waals surface area contributed by atoms with Crippen LogP contribution in [0.2, 0.25) is 5.02 Å². The van der Waals surface area contributed by atoms with Crippen molar-refractivity contribution in [3.05, 3.63) is 46.6 Å². The minimum absolute atomic E-state index is 0.507. The number of rotatable bonds is 1. The van der Waals surface area contributed by atoms with Gasteiger partial charge in [-0.05, 0) is 36.6 Å². The molecule has 2 aromatic rings. The Labute approximate surface area is 100 Å². The van der Waals surface area contributed by atoms with E-state index >= 15 is 0 Å². The zero-order valence-corrected chi connectivity index (χ0v) is 10.0. The van der Waals surface area contributed by atoms with Crippen molar-refractivity contribution in [2.75, 3.05) is 5.73 Å². The van der Waals surface area contributed by atoms with E-state index in [0.717, 1.165) is 11.1 Å². The van der Waals surface area contributed by atoms with E-state index in [4.69, 9.17) is 17.3 Å². The van der Waals surface area contributed by atoms with E-state index in [-0.39, 0.29) is 0 Å². The highest BCUT2D eigenvalue weighted by molar-refractivity contribution is 6.30. The zero-order chi connectivity index (χ0) is 11.7. The summed E-state index contributed by atoms with van der Waals surface area (Å²) in [6.45, 7) is 4.16. The average Bonchev–Trinajstić information content (AvgIpc) is 2.26. The minimum Gasteiger partial charge on any atom is -0.383 e. The molecule has 0 aliphatic rings. The van der Waals surface area contributed by atoms with Crippen molar-refractivity contribution in [1.82, 2.24) is 4.98 Å². The fourth-order valence-electron chi connectivity index (χ4n) is 1.59. The van der Waals surface area contributed by atoms with Crippen molar-refractivity contribution in [3.63, 3.8) is 0 Å². The normalized spacial score (nSPS) is 10.4. The monoisotopic (exact) mass is 232 g/mol. The molecule has 2 rings (SSSR count). The molecule has 3 heteroatoms. The third-order valence-corrected chi connectivity index (χ3v) is 2.91. The number of aryl methyl sites for hydroxylation is 2. The molecule has 0 bridgehead atoms. The molecule has 1 heterocycles. The molecule has 0 fully saturated rings. The van der Waals surface area contributed by atoms with Crippen molar-refractivity contribution >= 4 is 17.4 Å². The molecule has 1 aromatic heterocycles. The van der Waals surface area contributed by atoms with Crippen molar-refractivity contribution in [2.45, 2.75) is 13.8 Å². The van der Waals surface area contributed by atoms with E-state index in [1.165, 1.54) is 11.1 Å².